The van der Waals surface area contributed by atoms with Gasteiger partial charge in [0.05, 0.1) is 0 Å². The molecule has 0 bridgehead atoms. The highest BCUT2D eigenvalue weighted by Crippen LogP contribution is 2.27. The van der Waals surface area contributed by atoms with Crippen molar-refractivity contribution in [2.75, 3.05) is 18.4 Å². The number of nitrogens with zero attached hydrogens (tertiary/aromatic N) is 2. The van der Waals surface area contributed by atoms with Crippen LogP contribution >= 0.6 is 0 Å². The van der Waals surface area contributed by atoms with Gasteiger partial charge >= 0.3 is 6.09 Å². The number of nitrogens with one attached hydrogen (secondary N) is 1. The molecule has 1 aliphatic rings. The maximum atomic E-state index is 12.4. The van der Waals surface area contributed by atoms with E-state index in [1.54, 1.807) is 11.1 Å². The molecule has 2 aromatic rings. The van der Waals surface area contributed by atoms with Crippen LogP contribution in [0.15, 0.2) is 48.7 Å². The van der Waals surface area contributed by atoms with Gasteiger partial charge in [0.25, 0.3) is 0 Å². The number of amides is 1. The summed E-state index contributed by atoms with van der Waals surface area (Å²) in [5.41, 5.74) is 1.73. The minimum Gasteiger partial charge on any atom is -0.444 e. The highest BCUT2D eigenvalue weighted by Gasteiger charge is 2.28. The van der Waals surface area contributed by atoms with E-state index >= 15 is 0 Å². The van der Waals surface area contributed by atoms with Crippen LogP contribution in [-0.4, -0.2) is 40.7 Å². The van der Waals surface area contributed by atoms with Crippen LogP contribution in [0.5, 0.6) is 0 Å². The number of anilines is 1. The number of benzene rings is 1. The fourth-order valence-corrected chi connectivity index (χ4v) is 3.15. The molecule has 1 atom stereocenters. The number of hydrogen-bond acceptors (Lipinski definition) is 4. The Bertz CT molecular complexity index is 740. The Morgan fingerprint density at radius 2 is 1.96 bits per heavy atom. The van der Waals surface area contributed by atoms with Gasteiger partial charge in [-0.3, -0.25) is 0 Å². The Hall–Kier alpha value is -2.56. The van der Waals surface area contributed by atoms with Crippen LogP contribution in [0.1, 0.15) is 33.6 Å². The molecule has 138 valence electrons. The summed E-state index contributed by atoms with van der Waals surface area (Å²) in [7, 11) is 0. The molecule has 1 aliphatic heterocycles. The fourth-order valence-electron chi connectivity index (χ4n) is 3.15. The third kappa shape index (κ3) is 4.75. The number of carbonyl (C=O) groups excluding carboxylic acids is 1. The molecule has 0 saturated carbocycles. The van der Waals surface area contributed by atoms with Crippen LogP contribution in [0, 0.1) is 0 Å². The zero-order valence-corrected chi connectivity index (χ0v) is 15.7. The summed E-state index contributed by atoms with van der Waals surface area (Å²) in [6.45, 7) is 7.04. The van der Waals surface area contributed by atoms with E-state index in [9.17, 15) is 4.79 Å². The Morgan fingerprint density at radius 1 is 1.19 bits per heavy atom. The monoisotopic (exact) mass is 353 g/mol. The maximum Gasteiger partial charge on any atom is 0.410 e. The normalized spacial score (nSPS) is 17.7. The summed E-state index contributed by atoms with van der Waals surface area (Å²) in [6.07, 6.45) is 3.51. The predicted octanol–water partition coefficient (Wildman–Crippen LogP) is 4.56. The topological polar surface area (TPSA) is 54.5 Å². The highest BCUT2D eigenvalue weighted by molar-refractivity contribution is 5.75. The van der Waals surface area contributed by atoms with Crippen LogP contribution in [0.3, 0.4) is 0 Å². The summed E-state index contributed by atoms with van der Waals surface area (Å²) < 4.78 is 5.51. The molecule has 26 heavy (non-hydrogen) atoms. The van der Waals surface area contributed by atoms with Gasteiger partial charge in [-0.2, -0.15) is 0 Å². The first-order valence-electron chi connectivity index (χ1n) is 9.17. The summed E-state index contributed by atoms with van der Waals surface area (Å²) in [4.78, 5) is 18.7. The molecule has 1 fully saturated rings. The molecule has 0 aliphatic carbocycles. The molecule has 0 spiro atoms. The predicted molar refractivity (Wildman–Crippen MR) is 104 cm³/mol. The standard InChI is InChI=1S/C21H27N3O2/c1-21(2,3)26-20(25)24-14-8-11-17(15-24)23-19-18(12-7-13-22-19)16-9-5-4-6-10-16/h4-7,9-10,12-13,17H,8,11,14-15H2,1-3H3,(H,22,23)/t17-/m1/s1. The van der Waals surface area contributed by atoms with Gasteiger partial charge in [-0.25, -0.2) is 9.78 Å². The van der Waals surface area contributed by atoms with Crippen molar-refractivity contribution < 1.29 is 9.53 Å². The van der Waals surface area contributed by atoms with Crippen molar-refractivity contribution in [1.82, 2.24) is 9.88 Å². The Kier molecular flexibility index (Phi) is 5.45. The third-order valence-corrected chi connectivity index (χ3v) is 4.31. The number of pyridine rings is 1. The van der Waals surface area contributed by atoms with E-state index in [0.717, 1.165) is 36.3 Å². The van der Waals surface area contributed by atoms with E-state index in [-0.39, 0.29) is 12.1 Å². The molecular formula is C21H27N3O2. The number of likely N-dealkylation sites (tertiary alicyclic amines) is 1. The van der Waals surface area contributed by atoms with E-state index in [0.29, 0.717) is 6.54 Å². The largest absolute Gasteiger partial charge is 0.444 e. The van der Waals surface area contributed by atoms with Crippen LogP contribution < -0.4 is 5.32 Å². The molecule has 1 saturated heterocycles. The summed E-state index contributed by atoms with van der Waals surface area (Å²) in [6, 6.07) is 14.4. The number of ether oxygens (including phenoxy) is 1. The van der Waals surface area contributed by atoms with Crippen LogP contribution in [0.2, 0.25) is 0 Å². The molecule has 1 aromatic carbocycles. The number of carbonyl (C=O) groups is 1. The first kappa shape index (κ1) is 18.2. The maximum absolute atomic E-state index is 12.4. The van der Waals surface area contributed by atoms with Crippen LogP contribution in [0.25, 0.3) is 11.1 Å². The number of rotatable bonds is 3. The van der Waals surface area contributed by atoms with Crippen molar-refractivity contribution in [3.8, 4) is 11.1 Å². The van der Waals surface area contributed by atoms with Gasteiger partial charge in [-0.15, -0.1) is 0 Å². The lowest BCUT2D eigenvalue weighted by atomic mass is 10.0. The van der Waals surface area contributed by atoms with E-state index in [2.05, 4.69) is 28.5 Å². The molecular weight excluding hydrogens is 326 g/mol. The first-order chi connectivity index (χ1) is 12.4. The van der Waals surface area contributed by atoms with Crippen molar-refractivity contribution in [1.29, 1.82) is 0 Å². The van der Waals surface area contributed by atoms with Crippen molar-refractivity contribution in [3.63, 3.8) is 0 Å². The van der Waals surface area contributed by atoms with E-state index in [4.69, 9.17) is 4.74 Å². The molecule has 1 aromatic heterocycles. The van der Waals surface area contributed by atoms with E-state index in [1.165, 1.54) is 0 Å². The molecule has 5 nitrogen and oxygen atoms in total. The second-order valence-corrected chi connectivity index (χ2v) is 7.68. The van der Waals surface area contributed by atoms with Gasteiger partial charge in [0.15, 0.2) is 0 Å². The Morgan fingerprint density at radius 3 is 2.69 bits per heavy atom. The van der Waals surface area contributed by atoms with Gasteiger partial charge < -0.3 is 15.0 Å². The van der Waals surface area contributed by atoms with E-state index in [1.807, 2.05) is 45.0 Å². The van der Waals surface area contributed by atoms with Gasteiger partial charge in [0.1, 0.15) is 11.4 Å². The van der Waals surface area contributed by atoms with Crippen molar-refractivity contribution in [3.05, 3.63) is 48.7 Å². The quantitative estimate of drug-likeness (QED) is 0.879. The lowest BCUT2D eigenvalue weighted by Crippen LogP contribution is -2.47. The fraction of sp³-hybridized carbons (Fsp3) is 0.429. The van der Waals surface area contributed by atoms with Crippen LogP contribution in [0.4, 0.5) is 10.6 Å². The van der Waals surface area contributed by atoms with Gasteiger partial charge in [-0.05, 0) is 51.3 Å². The van der Waals surface area contributed by atoms with Crippen molar-refractivity contribution in [2.24, 2.45) is 0 Å². The lowest BCUT2D eigenvalue weighted by Gasteiger charge is -2.34. The molecule has 5 heteroatoms. The second-order valence-electron chi connectivity index (χ2n) is 7.68. The van der Waals surface area contributed by atoms with Crippen molar-refractivity contribution >= 4 is 11.9 Å². The van der Waals surface area contributed by atoms with Crippen molar-refractivity contribution in [2.45, 2.75) is 45.3 Å². The minimum atomic E-state index is -0.473. The Balaban J connectivity index is 1.71. The Labute approximate surface area is 155 Å². The zero-order valence-electron chi connectivity index (χ0n) is 15.7. The van der Waals surface area contributed by atoms with Gasteiger partial charge in [0, 0.05) is 30.9 Å². The first-order valence-corrected chi connectivity index (χ1v) is 9.17. The van der Waals surface area contributed by atoms with Gasteiger partial charge in [-0.1, -0.05) is 30.3 Å². The van der Waals surface area contributed by atoms with E-state index < -0.39 is 5.60 Å². The molecule has 1 amide bonds. The average molecular weight is 353 g/mol. The molecule has 0 radical (unpaired) electrons. The third-order valence-electron chi connectivity index (χ3n) is 4.31. The van der Waals surface area contributed by atoms with Crippen LogP contribution in [-0.2, 0) is 4.74 Å². The molecule has 0 unspecified atom stereocenters. The summed E-state index contributed by atoms with van der Waals surface area (Å²) >= 11 is 0. The number of piperidine rings is 1. The molecule has 2 heterocycles. The highest BCUT2D eigenvalue weighted by atomic mass is 16.6. The number of hydrogen-bond donors (Lipinski definition) is 1. The second kappa shape index (κ2) is 7.77. The minimum absolute atomic E-state index is 0.161. The molecule has 1 N–H and O–H groups in total. The average Bonchev–Trinajstić information content (AvgIpc) is 2.62. The lowest BCUT2D eigenvalue weighted by molar-refractivity contribution is 0.0206. The SMILES string of the molecule is CC(C)(C)OC(=O)N1CCC[C@@H](Nc2ncccc2-c2ccccc2)C1. The summed E-state index contributed by atoms with van der Waals surface area (Å²) in [5.74, 6) is 0.856. The molecule has 3 rings (SSSR count). The zero-order chi connectivity index (χ0) is 18.6. The number of aromatic nitrogens is 1. The van der Waals surface area contributed by atoms with Gasteiger partial charge in [0.2, 0.25) is 0 Å². The summed E-state index contributed by atoms with van der Waals surface area (Å²) in [5, 5.41) is 3.54. The smallest absolute Gasteiger partial charge is 0.410 e.